The van der Waals surface area contributed by atoms with E-state index in [1.807, 2.05) is 6.07 Å². The highest BCUT2D eigenvalue weighted by Crippen LogP contribution is 2.30. The molecule has 0 aliphatic heterocycles. The molecule has 5 heteroatoms. The van der Waals surface area contributed by atoms with Gasteiger partial charge in [0, 0.05) is 29.1 Å². The average molecular weight is 290 g/mol. The number of nitrogens with two attached hydrogens (primary N) is 1. The van der Waals surface area contributed by atoms with Crippen molar-refractivity contribution >= 4 is 5.82 Å². The van der Waals surface area contributed by atoms with Crippen molar-refractivity contribution in [2.24, 2.45) is 0 Å². The summed E-state index contributed by atoms with van der Waals surface area (Å²) in [6.07, 6.45) is 3.31. The molecule has 0 aliphatic rings. The second-order valence-electron chi connectivity index (χ2n) is 4.68. The Balaban J connectivity index is 2.21. The van der Waals surface area contributed by atoms with Crippen LogP contribution in [0, 0.1) is 17.1 Å². The van der Waals surface area contributed by atoms with Crippen LogP contribution in [-0.4, -0.2) is 9.97 Å². The molecule has 22 heavy (non-hydrogen) atoms. The normalized spacial score (nSPS) is 10.2. The molecule has 0 radical (unpaired) electrons. The van der Waals surface area contributed by atoms with Gasteiger partial charge in [0.25, 0.3) is 0 Å². The molecule has 0 spiro atoms. The number of aromatic nitrogens is 2. The molecule has 0 saturated heterocycles. The van der Waals surface area contributed by atoms with Crippen LogP contribution in [0.3, 0.4) is 0 Å². The largest absolute Gasteiger partial charge is 0.383 e. The molecule has 2 heterocycles. The summed E-state index contributed by atoms with van der Waals surface area (Å²) >= 11 is 0. The van der Waals surface area contributed by atoms with E-state index in [2.05, 4.69) is 16.0 Å². The molecule has 3 rings (SSSR count). The maximum Gasteiger partial charge on any atom is 0.142 e. The Morgan fingerprint density at radius 3 is 2.50 bits per heavy atom. The molecule has 4 nitrogen and oxygen atoms in total. The number of nitrogens with zero attached hydrogens (tertiary/aromatic N) is 3. The Labute approximate surface area is 126 Å². The number of nitriles is 1. The highest BCUT2D eigenvalue weighted by molar-refractivity contribution is 5.79. The number of benzene rings is 1. The molecular weight excluding hydrogens is 279 g/mol. The molecule has 106 valence electrons. The Bertz CT molecular complexity index is 852. The SMILES string of the molecule is N#Cc1c(-c2cccnc2)cc(-c2ccc(F)cc2)nc1N. The molecule has 1 aromatic carbocycles. The lowest BCUT2D eigenvalue weighted by Gasteiger charge is -2.10. The molecule has 0 atom stereocenters. The average Bonchev–Trinajstić information content (AvgIpc) is 2.55. The van der Waals surface area contributed by atoms with Crippen molar-refractivity contribution in [1.82, 2.24) is 9.97 Å². The Morgan fingerprint density at radius 1 is 1.09 bits per heavy atom. The molecular formula is C17H11FN4. The van der Waals surface area contributed by atoms with Crippen LogP contribution in [0.15, 0.2) is 54.9 Å². The van der Waals surface area contributed by atoms with E-state index in [4.69, 9.17) is 5.73 Å². The van der Waals surface area contributed by atoms with Gasteiger partial charge in [0.15, 0.2) is 0 Å². The number of anilines is 1. The highest BCUT2D eigenvalue weighted by Gasteiger charge is 2.13. The van der Waals surface area contributed by atoms with Gasteiger partial charge in [-0.25, -0.2) is 9.37 Å². The van der Waals surface area contributed by atoms with Crippen LogP contribution in [-0.2, 0) is 0 Å². The maximum atomic E-state index is 13.0. The van der Waals surface area contributed by atoms with Gasteiger partial charge in [0.2, 0.25) is 0 Å². The zero-order valence-corrected chi connectivity index (χ0v) is 11.5. The maximum absolute atomic E-state index is 13.0. The number of hydrogen-bond acceptors (Lipinski definition) is 4. The zero-order valence-electron chi connectivity index (χ0n) is 11.5. The molecule has 3 aromatic rings. The van der Waals surface area contributed by atoms with Crippen molar-refractivity contribution < 1.29 is 4.39 Å². The summed E-state index contributed by atoms with van der Waals surface area (Å²) < 4.78 is 13.0. The van der Waals surface area contributed by atoms with Crippen molar-refractivity contribution in [3.05, 3.63) is 66.2 Å². The van der Waals surface area contributed by atoms with Crippen LogP contribution in [0.4, 0.5) is 10.2 Å². The molecule has 0 unspecified atom stereocenters. The molecule has 2 aromatic heterocycles. The van der Waals surface area contributed by atoms with Crippen LogP contribution in [0.1, 0.15) is 5.56 Å². The van der Waals surface area contributed by atoms with Gasteiger partial charge in [0.1, 0.15) is 23.3 Å². The van der Waals surface area contributed by atoms with Crippen molar-refractivity contribution in [2.75, 3.05) is 5.73 Å². The quantitative estimate of drug-likeness (QED) is 0.784. The third kappa shape index (κ3) is 2.50. The smallest absolute Gasteiger partial charge is 0.142 e. The lowest BCUT2D eigenvalue weighted by atomic mass is 10.00. The van der Waals surface area contributed by atoms with E-state index < -0.39 is 0 Å². The number of hydrogen-bond donors (Lipinski definition) is 1. The van der Waals surface area contributed by atoms with Gasteiger partial charge in [-0.15, -0.1) is 0 Å². The first kappa shape index (κ1) is 13.7. The second kappa shape index (κ2) is 5.62. The van der Waals surface area contributed by atoms with Crippen LogP contribution < -0.4 is 5.73 Å². The summed E-state index contributed by atoms with van der Waals surface area (Å²) in [5, 5.41) is 9.32. The summed E-state index contributed by atoms with van der Waals surface area (Å²) in [6.45, 7) is 0. The second-order valence-corrected chi connectivity index (χ2v) is 4.68. The van der Waals surface area contributed by atoms with E-state index in [0.717, 1.165) is 11.1 Å². The van der Waals surface area contributed by atoms with E-state index in [0.29, 0.717) is 16.8 Å². The first-order valence-electron chi connectivity index (χ1n) is 6.56. The zero-order chi connectivity index (χ0) is 15.5. The van der Waals surface area contributed by atoms with Crippen LogP contribution in [0.5, 0.6) is 0 Å². The topological polar surface area (TPSA) is 75.6 Å². The summed E-state index contributed by atoms with van der Waals surface area (Å²) in [6, 6.07) is 13.4. The van der Waals surface area contributed by atoms with E-state index in [1.165, 1.54) is 12.1 Å². The number of halogens is 1. The fraction of sp³-hybridized carbons (Fsp3) is 0. The van der Waals surface area contributed by atoms with Crippen LogP contribution in [0.2, 0.25) is 0 Å². The van der Waals surface area contributed by atoms with Gasteiger partial charge < -0.3 is 5.73 Å². The van der Waals surface area contributed by atoms with Gasteiger partial charge in [-0.2, -0.15) is 5.26 Å². The van der Waals surface area contributed by atoms with E-state index >= 15 is 0 Å². The van der Waals surface area contributed by atoms with Crippen LogP contribution >= 0.6 is 0 Å². The predicted octanol–water partition coefficient (Wildman–Crippen LogP) is 3.40. The standard InChI is InChI=1S/C17H11FN4/c18-13-5-3-11(4-6-13)16-8-14(12-2-1-7-21-10-12)15(9-19)17(20)22-16/h1-8,10H,(H2,20,22). The molecule has 2 N–H and O–H groups in total. The van der Waals surface area contributed by atoms with Crippen molar-refractivity contribution in [2.45, 2.75) is 0 Å². The molecule has 0 amide bonds. The lowest BCUT2D eigenvalue weighted by molar-refractivity contribution is 0.628. The number of pyridine rings is 2. The minimum Gasteiger partial charge on any atom is -0.383 e. The van der Waals surface area contributed by atoms with Crippen molar-refractivity contribution in [3.8, 4) is 28.5 Å². The summed E-state index contributed by atoms with van der Waals surface area (Å²) in [5.41, 5.74) is 8.95. The third-order valence-electron chi connectivity index (χ3n) is 3.27. The summed E-state index contributed by atoms with van der Waals surface area (Å²) in [4.78, 5) is 8.30. The number of nitrogen functional groups attached to an aromatic ring is 1. The van der Waals surface area contributed by atoms with Crippen LogP contribution in [0.25, 0.3) is 22.4 Å². The third-order valence-corrected chi connectivity index (χ3v) is 3.27. The van der Waals surface area contributed by atoms with E-state index in [9.17, 15) is 9.65 Å². The van der Waals surface area contributed by atoms with Crippen molar-refractivity contribution in [1.29, 1.82) is 5.26 Å². The van der Waals surface area contributed by atoms with Gasteiger partial charge in [-0.1, -0.05) is 6.07 Å². The first-order chi connectivity index (χ1) is 10.7. The minimum absolute atomic E-state index is 0.142. The molecule has 0 bridgehead atoms. The molecule has 0 saturated carbocycles. The minimum atomic E-state index is -0.321. The fourth-order valence-corrected chi connectivity index (χ4v) is 2.20. The van der Waals surface area contributed by atoms with Gasteiger partial charge in [-0.3, -0.25) is 4.98 Å². The first-order valence-corrected chi connectivity index (χ1v) is 6.56. The van der Waals surface area contributed by atoms with Gasteiger partial charge >= 0.3 is 0 Å². The van der Waals surface area contributed by atoms with E-state index in [-0.39, 0.29) is 11.6 Å². The summed E-state index contributed by atoms with van der Waals surface area (Å²) in [7, 11) is 0. The lowest BCUT2D eigenvalue weighted by Crippen LogP contribution is -2.00. The number of rotatable bonds is 2. The highest BCUT2D eigenvalue weighted by atomic mass is 19.1. The van der Waals surface area contributed by atoms with Gasteiger partial charge in [-0.05, 0) is 36.4 Å². The predicted molar refractivity (Wildman–Crippen MR) is 82.0 cm³/mol. The molecule has 0 aliphatic carbocycles. The Morgan fingerprint density at radius 2 is 1.86 bits per heavy atom. The fourth-order valence-electron chi connectivity index (χ4n) is 2.20. The monoisotopic (exact) mass is 290 g/mol. The van der Waals surface area contributed by atoms with E-state index in [1.54, 1.807) is 36.7 Å². The van der Waals surface area contributed by atoms with Gasteiger partial charge in [0.05, 0.1) is 5.69 Å². The molecule has 0 fully saturated rings. The van der Waals surface area contributed by atoms with Crippen molar-refractivity contribution in [3.63, 3.8) is 0 Å². The summed E-state index contributed by atoms with van der Waals surface area (Å²) in [5.74, 6) is -0.180. The Kier molecular flexibility index (Phi) is 3.50. The Hall–Kier alpha value is -3.26.